The summed E-state index contributed by atoms with van der Waals surface area (Å²) in [7, 11) is 0. The molecule has 0 aliphatic carbocycles. The molecule has 0 aliphatic rings. The summed E-state index contributed by atoms with van der Waals surface area (Å²) in [5.74, 6) is 0. The number of imidazole rings is 1. The van der Waals surface area contributed by atoms with E-state index in [0.29, 0.717) is 0 Å². The van der Waals surface area contributed by atoms with Crippen LogP contribution in [0.3, 0.4) is 0 Å². The Kier molecular flexibility index (Phi) is 2.41. The molecule has 0 atom stereocenters. The highest BCUT2D eigenvalue weighted by Gasteiger charge is 2.05. The Balaban J connectivity index is 1.96. The van der Waals surface area contributed by atoms with Gasteiger partial charge in [-0.25, -0.2) is 4.98 Å². The van der Waals surface area contributed by atoms with Gasteiger partial charge in [0.15, 0.2) is 5.16 Å². The first-order chi connectivity index (χ1) is 8.31. The van der Waals surface area contributed by atoms with Gasteiger partial charge in [-0.15, -0.1) is 5.10 Å². The van der Waals surface area contributed by atoms with Crippen molar-refractivity contribution in [3.63, 3.8) is 0 Å². The molecule has 84 valence electrons. The molecule has 5 nitrogen and oxygen atoms in total. The van der Waals surface area contributed by atoms with Crippen molar-refractivity contribution in [2.75, 3.05) is 5.73 Å². The summed E-state index contributed by atoms with van der Waals surface area (Å²) < 4.78 is 0. The van der Waals surface area contributed by atoms with Crippen LogP contribution in [0, 0.1) is 0 Å². The van der Waals surface area contributed by atoms with E-state index in [1.165, 1.54) is 11.8 Å². The molecule has 0 fully saturated rings. The maximum Gasteiger partial charge on any atom is 0.172 e. The minimum Gasteiger partial charge on any atom is -0.399 e. The molecule has 3 N–H and O–H groups in total. The molecule has 3 aromatic rings. The first kappa shape index (κ1) is 10.1. The van der Waals surface area contributed by atoms with Crippen molar-refractivity contribution in [2.24, 2.45) is 0 Å². The highest BCUT2D eigenvalue weighted by molar-refractivity contribution is 7.99. The van der Waals surface area contributed by atoms with E-state index in [9.17, 15) is 0 Å². The van der Waals surface area contributed by atoms with Crippen LogP contribution >= 0.6 is 11.8 Å². The molecule has 1 aromatic carbocycles. The summed E-state index contributed by atoms with van der Waals surface area (Å²) in [5.41, 5.74) is 8.25. The van der Waals surface area contributed by atoms with Crippen molar-refractivity contribution < 1.29 is 0 Å². The van der Waals surface area contributed by atoms with Crippen LogP contribution in [0.4, 0.5) is 5.69 Å². The number of fused-ring (bicyclic) bond motifs is 1. The largest absolute Gasteiger partial charge is 0.399 e. The Labute approximate surface area is 101 Å². The summed E-state index contributed by atoms with van der Waals surface area (Å²) in [6, 6.07) is 9.32. The number of nitrogens with two attached hydrogens (primary N) is 1. The van der Waals surface area contributed by atoms with Crippen LogP contribution in [0.5, 0.6) is 0 Å². The molecule has 6 heteroatoms. The zero-order valence-corrected chi connectivity index (χ0v) is 9.61. The molecular weight excluding hydrogens is 234 g/mol. The number of benzene rings is 1. The summed E-state index contributed by atoms with van der Waals surface area (Å²) in [4.78, 5) is 7.62. The lowest BCUT2D eigenvalue weighted by molar-refractivity contribution is 0.923. The smallest absolute Gasteiger partial charge is 0.172 e. The van der Waals surface area contributed by atoms with Gasteiger partial charge in [0.25, 0.3) is 0 Å². The Morgan fingerprint density at radius 3 is 3.00 bits per heavy atom. The predicted octanol–water partition coefficient (Wildman–Crippen LogP) is 2.09. The Hall–Kier alpha value is -2.08. The normalized spacial score (nSPS) is 10.8. The van der Waals surface area contributed by atoms with Crippen LogP contribution in [-0.2, 0) is 0 Å². The molecule has 2 aromatic heterocycles. The van der Waals surface area contributed by atoms with Crippen molar-refractivity contribution in [2.45, 2.75) is 10.2 Å². The number of hydrogen-bond donors (Lipinski definition) is 2. The highest BCUT2D eigenvalue weighted by Crippen LogP contribution is 2.25. The lowest BCUT2D eigenvalue weighted by atomic mass is 10.3. The lowest BCUT2D eigenvalue weighted by Gasteiger charge is -1.93. The van der Waals surface area contributed by atoms with Crippen molar-refractivity contribution in [3.05, 3.63) is 36.5 Å². The van der Waals surface area contributed by atoms with E-state index < -0.39 is 0 Å². The third-order valence-corrected chi connectivity index (χ3v) is 3.05. The van der Waals surface area contributed by atoms with E-state index in [1.807, 2.05) is 30.3 Å². The van der Waals surface area contributed by atoms with Crippen LogP contribution < -0.4 is 5.73 Å². The number of hydrogen-bond acceptors (Lipinski definition) is 5. The van der Waals surface area contributed by atoms with Gasteiger partial charge in [-0.1, -0.05) is 0 Å². The standard InChI is InChI=1S/C11H9N5S/c12-7-3-4-8-9(6-7)15-11(14-8)17-10-2-1-5-13-16-10/h1-6H,12H2,(H,14,15). The second-order valence-electron chi connectivity index (χ2n) is 3.48. The first-order valence-electron chi connectivity index (χ1n) is 5.02. The topological polar surface area (TPSA) is 80.5 Å². The van der Waals surface area contributed by atoms with Gasteiger partial charge < -0.3 is 10.7 Å². The molecule has 0 aliphatic heterocycles. The fourth-order valence-corrected chi connectivity index (χ4v) is 2.23. The molecule has 0 bridgehead atoms. The summed E-state index contributed by atoms with van der Waals surface area (Å²) >= 11 is 1.44. The molecule has 2 heterocycles. The minimum absolute atomic E-state index is 0.720. The molecule has 0 unspecified atom stereocenters. The molecule has 3 rings (SSSR count). The molecule has 0 saturated heterocycles. The Bertz CT molecular complexity index is 649. The Morgan fingerprint density at radius 1 is 1.24 bits per heavy atom. The lowest BCUT2D eigenvalue weighted by Crippen LogP contribution is -1.83. The maximum absolute atomic E-state index is 5.71. The number of rotatable bonds is 2. The molecule has 17 heavy (non-hydrogen) atoms. The molecule has 0 spiro atoms. The van der Waals surface area contributed by atoms with E-state index in [-0.39, 0.29) is 0 Å². The van der Waals surface area contributed by atoms with E-state index in [4.69, 9.17) is 5.73 Å². The zero-order chi connectivity index (χ0) is 11.7. The van der Waals surface area contributed by atoms with Gasteiger partial charge in [0.05, 0.1) is 11.0 Å². The number of nitrogen functional groups attached to an aromatic ring is 1. The number of H-pyrrole nitrogens is 1. The summed E-state index contributed by atoms with van der Waals surface area (Å²) in [5, 5.41) is 9.39. The highest BCUT2D eigenvalue weighted by atomic mass is 32.2. The fourth-order valence-electron chi connectivity index (χ4n) is 1.49. The number of nitrogens with zero attached hydrogens (tertiary/aromatic N) is 3. The van der Waals surface area contributed by atoms with Gasteiger partial charge in [-0.2, -0.15) is 5.10 Å². The van der Waals surface area contributed by atoms with Gasteiger partial charge in [0.1, 0.15) is 5.03 Å². The number of anilines is 1. The fraction of sp³-hybridized carbons (Fsp3) is 0. The van der Waals surface area contributed by atoms with E-state index >= 15 is 0 Å². The molecular formula is C11H9N5S. The molecule has 0 saturated carbocycles. The summed E-state index contributed by atoms with van der Waals surface area (Å²) in [6.07, 6.45) is 1.64. The van der Waals surface area contributed by atoms with Crippen molar-refractivity contribution in [3.8, 4) is 0 Å². The monoisotopic (exact) mass is 243 g/mol. The van der Waals surface area contributed by atoms with Crippen molar-refractivity contribution in [1.82, 2.24) is 20.2 Å². The first-order valence-corrected chi connectivity index (χ1v) is 5.84. The number of nitrogens with one attached hydrogen (secondary N) is 1. The maximum atomic E-state index is 5.71. The van der Waals surface area contributed by atoms with Gasteiger partial charge in [0, 0.05) is 11.9 Å². The minimum atomic E-state index is 0.720. The molecule has 0 amide bonds. The third-order valence-electron chi connectivity index (χ3n) is 2.23. The third kappa shape index (κ3) is 2.07. The van der Waals surface area contributed by atoms with Gasteiger partial charge in [-0.3, -0.25) is 0 Å². The van der Waals surface area contributed by atoms with Crippen LogP contribution in [-0.4, -0.2) is 20.2 Å². The predicted molar refractivity (Wildman–Crippen MR) is 66.7 cm³/mol. The van der Waals surface area contributed by atoms with Crippen LogP contribution in [0.15, 0.2) is 46.7 Å². The average molecular weight is 243 g/mol. The Morgan fingerprint density at radius 2 is 2.18 bits per heavy atom. The second-order valence-corrected chi connectivity index (χ2v) is 4.49. The molecule has 0 radical (unpaired) electrons. The van der Waals surface area contributed by atoms with Gasteiger partial charge in [-0.05, 0) is 42.1 Å². The summed E-state index contributed by atoms with van der Waals surface area (Å²) in [6.45, 7) is 0. The average Bonchev–Trinajstić information content (AvgIpc) is 2.71. The van der Waals surface area contributed by atoms with E-state index in [0.717, 1.165) is 26.9 Å². The SMILES string of the molecule is Nc1ccc2nc(Sc3cccnn3)[nH]c2c1. The van der Waals surface area contributed by atoms with Gasteiger partial charge in [0.2, 0.25) is 0 Å². The van der Waals surface area contributed by atoms with Crippen LogP contribution in [0.1, 0.15) is 0 Å². The second kappa shape index (κ2) is 4.06. The van der Waals surface area contributed by atoms with Gasteiger partial charge >= 0.3 is 0 Å². The van der Waals surface area contributed by atoms with Crippen molar-refractivity contribution in [1.29, 1.82) is 0 Å². The van der Waals surface area contributed by atoms with Crippen LogP contribution in [0.2, 0.25) is 0 Å². The van der Waals surface area contributed by atoms with Crippen molar-refractivity contribution >= 4 is 28.5 Å². The number of aromatic nitrogens is 4. The quantitative estimate of drug-likeness (QED) is 0.673. The zero-order valence-electron chi connectivity index (χ0n) is 8.79. The van der Waals surface area contributed by atoms with E-state index in [2.05, 4.69) is 20.2 Å². The van der Waals surface area contributed by atoms with Crippen LogP contribution in [0.25, 0.3) is 11.0 Å². The number of aromatic amines is 1. The van der Waals surface area contributed by atoms with E-state index in [1.54, 1.807) is 6.20 Å².